The molecule has 0 amide bonds. The Kier molecular flexibility index (Phi) is 6.39. The molecule has 0 saturated heterocycles. The molecule has 0 fully saturated rings. The van der Waals surface area contributed by atoms with Crippen LogP contribution in [0.4, 0.5) is 0 Å². The van der Waals surface area contributed by atoms with E-state index in [2.05, 4.69) is 4.74 Å². The van der Waals surface area contributed by atoms with Crippen molar-refractivity contribution in [3.05, 3.63) is 46.7 Å². The van der Waals surface area contributed by atoms with Gasteiger partial charge in [-0.2, -0.15) is 0 Å². The van der Waals surface area contributed by atoms with Gasteiger partial charge in [0.15, 0.2) is 23.4 Å². The van der Waals surface area contributed by atoms with Crippen LogP contribution in [0.5, 0.6) is 28.7 Å². The van der Waals surface area contributed by atoms with Gasteiger partial charge in [-0.05, 0) is 43.7 Å². The van der Waals surface area contributed by atoms with Crippen LogP contribution in [0.15, 0.2) is 30.0 Å². The van der Waals surface area contributed by atoms with Crippen LogP contribution in [0.1, 0.15) is 28.4 Å². The number of benzene rings is 2. The van der Waals surface area contributed by atoms with Gasteiger partial charge >= 0.3 is 5.97 Å². The molecule has 0 N–H and O–H groups in total. The van der Waals surface area contributed by atoms with E-state index >= 15 is 0 Å². The highest BCUT2D eigenvalue weighted by atomic mass is 16.6. The van der Waals surface area contributed by atoms with Gasteiger partial charge in [-0.1, -0.05) is 0 Å². The number of fused-ring (bicyclic) bond motifs is 1. The van der Waals surface area contributed by atoms with Crippen molar-refractivity contribution in [3.63, 3.8) is 0 Å². The third-order valence-electron chi connectivity index (χ3n) is 4.81. The number of aryl methyl sites for hydroxylation is 1. The maximum absolute atomic E-state index is 13.0. The van der Waals surface area contributed by atoms with Crippen LogP contribution in [0.3, 0.4) is 0 Å². The first-order valence-corrected chi connectivity index (χ1v) is 9.46. The first kappa shape index (κ1) is 22.0. The number of ether oxygens (including phenoxy) is 6. The van der Waals surface area contributed by atoms with Crippen molar-refractivity contribution in [2.75, 3.05) is 28.4 Å². The number of carbonyl (C=O) groups is 2. The molecule has 0 spiro atoms. The van der Waals surface area contributed by atoms with E-state index in [1.54, 1.807) is 44.2 Å². The van der Waals surface area contributed by atoms with Crippen LogP contribution in [-0.2, 0) is 9.53 Å². The molecule has 1 atom stereocenters. The second kappa shape index (κ2) is 8.99. The van der Waals surface area contributed by atoms with E-state index in [-0.39, 0.29) is 11.5 Å². The number of rotatable bonds is 7. The van der Waals surface area contributed by atoms with Crippen molar-refractivity contribution in [2.45, 2.75) is 20.0 Å². The molecule has 31 heavy (non-hydrogen) atoms. The zero-order valence-corrected chi connectivity index (χ0v) is 18.2. The molecule has 0 bridgehead atoms. The molecule has 8 heteroatoms. The van der Waals surface area contributed by atoms with E-state index in [1.165, 1.54) is 28.4 Å². The molecule has 1 aliphatic heterocycles. The van der Waals surface area contributed by atoms with Crippen molar-refractivity contribution in [3.8, 4) is 28.7 Å². The van der Waals surface area contributed by atoms with Gasteiger partial charge in [0.05, 0.1) is 34.0 Å². The summed E-state index contributed by atoms with van der Waals surface area (Å²) in [6.45, 7) is 3.35. The van der Waals surface area contributed by atoms with Gasteiger partial charge in [0, 0.05) is 11.6 Å². The first-order valence-electron chi connectivity index (χ1n) is 9.46. The third kappa shape index (κ3) is 4.14. The van der Waals surface area contributed by atoms with E-state index in [4.69, 9.17) is 23.7 Å². The molecule has 0 aliphatic carbocycles. The maximum Gasteiger partial charge on any atom is 0.346 e. The lowest BCUT2D eigenvalue weighted by Gasteiger charge is -2.14. The van der Waals surface area contributed by atoms with E-state index in [1.807, 2.05) is 0 Å². The van der Waals surface area contributed by atoms with Crippen molar-refractivity contribution in [1.29, 1.82) is 0 Å². The molecule has 1 unspecified atom stereocenters. The second-order valence-electron chi connectivity index (χ2n) is 6.76. The average Bonchev–Trinajstić information content (AvgIpc) is 3.07. The number of hydrogen-bond acceptors (Lipinski definition) is 8. The minimum atomic E-state index is -0.800. The van der Waals surface area contributed by atoms with E-state index < -0.39 is 12.1 Å². The predicted molar refractivity (Wildman–Crippen MR) is 112 cm³/mol. The van der Waals surface area contributed by atoms with Crippen LogP contribution < -0.4 is 23.7 Å². The Bertz CT molecular complexity index is 1050. The van der Waals surface area contributed by atoms with E-state index in [0.29, 0.717) is 45.4 Å². The third-order valence-corrected chi connectivity index (χ3v) is 4.81. The van der Waals surface area contributed by atoms with Gasteiger partial charge in [-0.25, -0.2) is 4.79 Å². The molecular formula is C23H24O8. The predicted octanol–water partition coefficient (Wildman–Crippen LogP) is 3.58. The topological polar surface area (TPSA) is 89.5 Å². The molecule has 1 aliphatic rings. The van der Waals surface area contributed by atoms with Crippen molar-refractivity contribution < 1.29 is 38.0 Å². The molecule has 8 nitrogen and oxygen atoms in total. The van der Waals surface area contributed by atoms with Gasteiger partial charge in [-0.3, -0.25) is 4.79 Å². The Morgan fingerprint density at radius 2 is 1.74 bits per heavy atom. The molecule has 3 rings (SSSR count). The maximum atomic E-state index is 13.0. The van der Waals surface area contributed by atoms with Gasteiger partial charge in [0.25, 0.3) is 0 Å². The zero-order chi connectivity index (χ0) is 22.7. The minimum absolute atomic E-state index is 0.127. The standard InChI is InChI=1S/C23H24O8/c1-12-9-15(30-13(2)23(25)29-6)11-17-19(12)20(24)18(31-17)10-14-7-8-16(26-3)22(28-5)21(14)27-4/h7-11,13H,1-6H3/b18-10-. The summed E-state index contributed by atoms with van der Waals surface area (Å²) in [4.78, 5) is 24.6. The lowest BCUT2D eigenvalue weighted by atomic mass is 10.0. The average molecular weight is 428 g/mol. The zero-order valence-electron chi connectivity index (χ0n) is 18.2. The van der Waals surface area contributed by atoms with Gasteiger partial charge in [0.2, 0.25) is 11.5 Å². The molecule has 0 radical (unpaired) electrons. The van der Waals surface area contributed by atoms with E-state index in [9.17, 15) is 9.59 Å². The van der Waals surface area contributed by atoms with E-state index in [0.717, 1.165) is 0 Å². The molecule has 2 aromatic rings. The Hall–Kier alpha value is -3.68. The molecule has 0 aromatic heterocycles. The number of esters is 1. The monoisotopic (exact) mass is 428 g/mol. The number of Topliss-reactive ketones (excluding diaryl/α,β-unsaturated/α-hetero) is 1. The fraction of sp³-hybridized carbons (Fsp3) is 0.304. The van der Waals surface area contributed by atoms with Crippen molar-refractivity contribution in [1.82, 2.24) is 0 Å². The molecule has 164 valence electrons. The van der Waals surface area contributed by atoms with Gasteiger partial charge in [0.1, 0.15) is 11.5 Å². The number of methoxy groups -OCH3 is 4. The smallest absolute Gasteiger partial charge is 0.346 e. The highest BCUT2D eigenvalue weighted by molar-refractivity contribution is 6.15. The normalized spacial score (nSPS) is 14.5. The number of allylic oxidation sites excluding steroid dienone is 1. The summed E-state index contributed by atoms with van der Waals surface area (Å²) in [6, 6.07) is 6.71. The summed E-state index contributed by atoms with van der Waals surface area (Å²) in [5, 5.41) is 0. The van der Waals surface area contributed by atoms with Crippen LogP contribution >= 0.6 is 0 Å². The highest BCUT2D eigenvalue weighted by Crippen LogP contribution is 2.42. The SMILES string of the molecule is COC(=O)C(C)Oc1cc(C)c2c(c1)O/C(=C\c1ccc(OC)c(OC)c1OC)C2=O. The Balaban J connectivity index is 1.97. The summed E-state index contributed by atoms with van der Waals surface area (Å²) in [6.07, 6.45) is 0.783. The largest absolute Gasteiger partial charge is 0.493 e. The number of ketones is 1. The highest BCUT2D eigenvalue weighted by Gasteiger charge is 2.31. The molecule has 0 saturated carbocycles. The lowest BCUT2D eigenvalue weighted by molar-refractivity contribution is -0.147. The van der Waals surface area contributed by atoms with Gasteiger partial charge in [-0.15, -0.1) is 0 Å². The minimum Gasteiger partial charge on any atom is -0.493 e. The number of carbonyl (C=O) groups excluding carboxylic acids is 2. The Morgan fingerprint density at radius 1 is 1.03 bits per heavy atom. The number of hydrogen-bond donors (Lipinski definition) is 0. The van der Waals surface area contributed by atoms with Crippen LogP contribution in [0, 0.1) is 6.92 Å². The quantitative estimate of drug-likeness (QED) is 0.488. The summed E-state index contributed by atoms with van der Waals surface area (Å²) < 4.78 is 32.3. The summed E-state index contributed by atoms with van der Waals surface area (Å²) >= 11 is 0. The summed E-state index contributed by atoms with van der Waals surface area (Å²) in [5.74, 6) is 1.42. The van der Waals surface area contributed by atoms with Crippen molar-refractivity contribution in [2.24, 2.45) is 0 Å². The molecule has 2 aromatic carbocycles. The second-order valence-corrected chi connectivity index (χ2v) is 6.76. The van der Waals surface area contributed by atoms with Crippen molar-refractivity contribution >= 4 is 17.8 Å². The van der Waals surface area contributed by atoms with Crippen LogP contribution in [-0.4, -0.2) is 46.3 Å². The first-order chi connectivity index (χ1) is 14.8. The molecular weight excluding hydrogens is 404 g/mol. The van der Waals surface area contributed by atoms with Crippen LogP contribution in [0.25, 0.3) is 6.08 Å². The van der Waals surface area contributed by atoms with Gasteiger partial charge < -0.3 is 28.4 Å². The molecule has 1 heterocycles. The fourth-order valence-corrected chi connectivity index (χ4v) is 3.34. The Labute approximate surface area is 180 Å². The fourth-order valence-electron chi connectivity index (χ4n) is 3.34. The van der Waals surface area contributed by atoms with Crippen LogP contribution in [0.2, 0.25) is 0 Å². The summed E-state index contributed by atoms with van der Waals surface area (Å²) in [5.41, 5.74) is 1.69. The summed E-state index contributed by atoms with van der Waals surface area (Å²) in [7, 11) is 5.82. The lowest BCUT2D eigenvalue weighted by Crippen LogP contribution is -2.24. The Morgan fingerprint density at radius 3 is 2.35 bits per heavy atom.